The Balaban J connectivity index is 0.982. The number of rotatable bonds is 6. The first-order chi connectivity index (χ1) is 30.2. The fourth-order valence-corrected chi connectivity index (χ4v) is 8.87. The van der Waals surface area contributed by atoms with Gasteiger partial charge in [-0.2, -0.15) is 0 Å². The van der Waals surface area contributed by atoms with Crippen molar-refractivity contribution in [3.63, 3.8) is 0 Å². The highest BCUT2D eigenvalue weighted by Crippen LogP contribution is 2.41. The summed E-state index contributed by atoms with van der Waals surface area (Å²) in [6, 6.07) is 74.7. The maximum absolute atomic E-state index is 6.54. The normalized spacial score (nSPS) is 11.6. The van der Waals surface area contributed by atoms with Gasteiger partial charge in [0.15, 0.2) is 17.5 Å². The van der Waals surface area contributed by atoms with Gasteiger partial charge in [0.25, 0.3) is 0 Å². The SMILES string of the molecule is c1ccc(-c2cccc3oc4cc(-c5cccc6c(-c7nc(-c8ccc(-c9ccc%10ccccc%10c9)cc8)nc(-c8ccc9ccccc9c8)n7)cccc56)ccc4c23)cc1. The van der Waals surface area contributed by atoms with E-state index in [-0.39, 0.29) is 0 Å². The summed E-state index contributed by atoms with van der Waals surface area (Å²) in [6.45, 7) is 0. The monoisotopic (exact) mass is 777 g/mol. The zero-order valence-corrected chi connectivity index (χ0v) is 33.0. The molecule has 0 N–H and O–H groups in total. The van der Waals surface area contributed by atoms with Crippen LogP contribution in [-0.4, -0.2) is 15.0 Å². The molecular weight excluding hydrogens is 743 g/mol. The number of benzene rings is 10. The van der Waals surface area contributed by atoms with Gasteiger partial charge < -0.3 is 4.42 Å². The molecule has 0 saturated heterocycles. The third-order valence-corrected chi connectivity index (χ3v) is 11.9. The van der Waals surface area contributed by atoms with Gasteiger partial charge >= 0.3 is 0 Å². The molecule has 4 nitrogen and oxygen atoms in total. The van der Waals surface area contributed by atoms with E-state index in [9.17, 15) is 0 Å². The number of nitrogens with zero attached hydrogens (tertiary/aromatic N) is 3. The molecule has 0 fully saturated rings. The van der Waals surface area contributed by atoms with Crippen LogP contribution in [0.25, 0.3) is 122 Å². The first-order valence-corrected chi connectivity index (χ1v) is 20.6. The minimum Gasteiger partial charge on any atom is -0.456 e. The molecule has 12 aromatic rings. The van der Waals surface area contributed by atoms with Crippen LogP contribution < -0.4 is 0 Å². The molecule has 2 aromatic heterocycles. The van der Waals surface area contributed by atoms with Gasteiger partial charge in [0.2, 0.25) is 0 Å². The fourth-order valence-electron chi connectivity index (χ4n) is 8.87. The zero-order valence-electron chi connectivity index (χ0n) is 33.0. The van der Waals surface area contributed by atoms with Gasteiger partial charge in [-0.05, 0) is 96.0 Å². The van der Waals surface area contributed by atoms with Crippen LogP contribution in [0.5, 0.6) is 0 Å². The molecule has 61 heavy (non-hydrogen) atoms. The predicted molar refractivity (Wildman–Crippen MR) is 252 cm³/mol. The first-order valence-electron chi connectivity index (χ1n) is 20.6. The van der Waals surface area contributed by atoms with Gasteiger partial charge in [0.05, 0.1) is 0 Å². The molecule has 0 amide bonds. The lowest BCUT2D eigenvalue weighted by Gasteiger charge is -2.13. The molecule has 0 unspecified atom stereocenters. The molecule has 284 valence electrons. The average molecular weight is 778 g/mol. The lowest BCUT2D eigenvalue weighted by molar-refractivity contribution is 0.669. The second-order valence-electron chi connectivity index (χ2n) is 15.6. The van der Waals surface area contributed by atoms with Gasteiger partial charge in [0, 0.05) is 27.5 Å². The van der Waals surface area contributed by atoms with Crippen molar-refractivity contribution in [2.45, 2.75) is 0 Å². The van der Waals surface area contributed by atoms with Crippen molar-refractivity contribution >= 4 is 54.3 Å². The lowest BCUT2D eigenvalue weighted by Crippen LogP contribution is -2.00. The van der Waals surface area contributed by atoms with E-state index >= 15 is 0 Å². The molecule has 0 bridgehead atoms. The number of hydrogen-bond acceptors (Lipinski definition) is 4. The number of aromatic nitrogens is 3. The summed E-state index contributed by atoms with van der Waals surface area (Å²) in [5.74, 6) is 1.87. The van der Waals surface area contributed by atoms with E-state index in [4.69, 9.17) is 19.4 Å². The highest BCUT2D eigenvalue weighted by atomic mass is 16.3. The van der Waals surface area contributed by atoms with Crippen LogP contribution in [-0.2, 0) is 0 Å². The molecule has 0 aliphatic heterocycles. The van der Waals surface area contributed by atoms with E-state index in [1.54, 1.807) is 0 Å². The van der Waals surface area contributed by atoms with Crippen LogP contribution in [0.3, 0.4) is 0 Å². The summed E-state index contributed by atoms with van der Waals surface area (Å²) in [7, 11) is 0. The third kappa shape index (κ3) is 6.12. The number of furan rings is 1. The number of fused-ring (bicyclic) bond motifs is 6. The molecule has 0 saturated carbocycles. The van der Waals surface area contributed by atoms with Crippen LogP contribution in [0, 0.1) is 0 Å². The van der Waals surface area contributed by atoms with Gasteiger partial charge in [-0.15, -0.1) is 0 Å². The molecule has 0 radical (unpaired) electrons. The minimum atomic E-state index is 0.621. The fraction of sp³-hybridized carbons (Fsp3) is 0. The van der Waals surface area contributed by atoms with E-state index in [2.05, 4.69) is 206 Å². The second kappa shape index (κ2) is 14.3. The molecule has 0 aliphatic rings. The second-order valence-corrected chi connectivity index (χ2v) is 15.6. The summed E-state index contributed by atoms with van der Waals surface area (Å²) in [5, 5.41) is 9.15. The Labute approximate surface area is 352 Å². The quantitative estimate of drug-likeness (QED) is 0.169. The maximum atomic E-state index is 6.54. The predicted octanol–water partition coefficient (Wildman–Crippen LogP) is 15.2. The summed E-state index contributed by atoms with van der Waals surface area (Å²) in [6.07, 6.45) is 0. The van der Waals surface area contributed by atoms with Crippen molar-refractivity contribution in [1.82, 2.24) is 15.0 Å². The largest absolute Gasteiger partial charge is 0.456 e. The van der Waals surface area contributed by atoms with Crippen molar-refractivity contribution in [2.24, 2.45) is 0 Å². The van der Waals surface area contributed by atoms with Crippen molar-refractivity contribution in [1.29, 1.82) is 0 Å². The molecular formula is C57H35N3O. The van der Waals surface area contributed by atoms with Crippen LogP contribution in [0.2, 0.25) is 0 Å². The standard InChI is InChI=1S/C57H35N3O/c1-2-13-39(14-3-1)47-18-10-22-52-54(47)51-32-31-44(35-53(51)61-52)46-17-8-20-49-48(46)19-9-21-50(49)57-59-55(58-56(60-57)45-30-26-37-12-5-7-16-42(37)34-45)40-27-23-38(24-28-40)43-29-25-36-11-4-6-15-41(36)33-43/h1-35H. The van der Waals surface area contributed by atoms with Crippen LogP contribution >= 0.6 is 0 Å². The smallest absolute Gasteiger partial charge is 0.164 e. The van der Waals surface area contributed by atoms with Crippen LogP contribution in [0.15, 0.2) is 217 Å². The summed E-state index contributed by atoms with van der Waals surface area (Å²) in [4.78, 5) is 15.6. The van der Waals surface area contributed by atoms with Crippen molar-refractivity contribution in [3.8, 4) is 67.5 Å². The lowest BCUT2D eigenvalue weighted by atomic mass is 9.94. The molecule has 4 heteroatoms. The van der Waals surface area contributed by atoms with Crippen LogP contribution in [0.1, 0.15) is 0 Å². The summed E-state index contributed by atoms with van der Waals surface area (Å²) in [5.41, 5.74) is 11.4. The Bertz CT molecular complexity index is 3650. The first kappa shape index (κ1) is 34.8. The van der Waals surface area contributed by atoms with Gasteiger partial charge in [-0.25, -0.2) is 15.0 Å². The topological polar surface area (TPSA) is 51.8 Å². The molecule has 10 aromatic carbocycles. The molecule has 0 aliphatic carbocycles. The van der Waals surface area contributed by atoms with Crippen molar-refractivity contribution in [2.75, 3.05) is 0 Å². The van der Waals surface area contributed by atoms with Crippen LogP contribution in [0.4, 0.5) is 0 Å². The van der Waals surface area contributed by atoms with E-state index < -0.39 is 0 Å². The van der Waals surface area contributed by atoms with Gasteiger partial charge in [0.1, 0.15) is 11.2 Å². The highest BCUT2D eigenvalue weighted by Gasteiger charge is 2.18. The maximum Gasteiger partial charge on any atom is 0.164 e. The Morgan fingerprint density at radius 3 is 1.56 bits per heavy atom. The van der Waals surface area contributed by atoms with E-state index in [0.717, 1.165) is 71.5 Å². The van der Waals surface area contributed by atoms with Gasteiger partial charge in [-0.1, -0.05) is 182 Å². The summed E-state index contributed by atoms with van der Waals surface area (Å²) >= 11 is 0. The Hall–Kier alpha value is -8.21. The zero-order chi connectivity index (χ0) is 40.3. The molecule has 12 rings (SSSR count). The average Bonchev–Trinajstić information content (AvgIpc) is 3.72. The Morgan fingerprint density at radius 2 is 0.803 bits per heavy atom. The summed E-state index contributed by atoms with van der Waals surface area (Å²) < 4.78 is 6.54. The molecule has 0 spiro atoms. The van der Waals surface area contributed by atoms with E-state index in [1.807, 2.05) is 6.07 Å². The molecule has 0 atom stereocenters. The van der Waals surface area contributed by atoms with E-state index in [1.165, 1.54) is 32.8 Å². The minimum absolute atomic E-state index is 0.621. The van der Waals surface area contributed by atoms with E-state index in [0.29, 0.717) is 17.5 Å². The third-order valence-electron chi connectivity index (χ3n) is 11.9. The highest BCUT2D eigenvalue weighted by molar-refractivity contribution is 6.14. The van der Waals surface area contributed by atoms with Crippen molar-refractivity contribution in [3.05, 3.63) is 212 Å². The number of hydrogen-bond donors (Lipinski definition) is 0. The van der Waals surface area contributed by atoms with Crippen molar-refractivity contribution < 1.29 is 4.42 Å². The van der Waals surface area contributed by atoms with Gasteiger partial charge in [-0.3, -0.25) is 0 Å². The Morgan fingerprint density at radius 1 is 0.262 bits per heavy atom. The Kier molecular flexibility index (Phi) is 8.13. The molecule has 2 heterocycles.